The Balaban J connectivity index is 1.30. The minimum Gasteiger partial charge on any atom is -0.493 e. The first-order valence-corrected chi connectivity index (χ1v) is 11.7. The second kappa shape index (κ2) is 10.5. The van der Waals surface area contributed by atoms with Gasteiger partial charge in [-0.3, -0.25) is 9.69 Å². The van der Waals surface area contributed by atoms with Crippen LogP contribution in [0.2, 0.25) is 0 Å². The Morgan fingerprint density at radius 2 is 1.82 bits per heavy atom. The molecule has 2 heterocycles. The standard InChI is InChI=1S/C26H34FN3O3/c1-29-16-20(26(31)28-22-9-7-21(27)8-10-22)15-23(29)18-11-13-30(14-12-18)17-19-5-4-6-24(32-2)25(19)33-3/h4-10,18,20,23H,11-17H2,1-3H3,(H,28,31)/t20-,23-/m0/s1. The van der Waals surface area contributed by atoms with Crippen LogP contribution in [0.4, 0.5) is 10.1 Å². The smallest absolute Gasteiger partial charge is 0.228 e. The zero-order valence-corrected chi connectivity index (χ0v) is 19.7. The number of nitrogens with one attached hydrogen (secondary N) is 1. The fourth-order valence-corrected chi connectivity index (χ4v) is 5.36. The first-order chi connectivity index (χ1) is 16.0. The lowest BCUT2D eigenvalue weighted by Crippen LogP contribution is -2.41. The second-order valence-corrected chi connectivity index (χ2v) is 9.20. The van der Waals surface area contributed by atoms with E-state index in [1.807, 2.05) is 12.1 Å². The Morgan fingerprint density at radius 3 is 2.48 bits per heavy atom. The fourth-order valence-electron chi connectivity index (χ4n) is 5.36. The van der Waals surface area contributed by atoms with Gasteiger partial charge < -0.3 is 19.7 Å². The van der Waals surface area contributed by atoms with Crippen LogP contribution in [0.25, 0.3) is 0 Å². The molecular weight excluding hydrogens is 421 g/mol. The monoisotopic (exact) mass is 455 g/mol. The SMILES string of the molecule is COc1cccc(CN2CCC([C@@H]3C[C@H](C(=O)Nc4ccc(F)cc4)CN3C)CC2)c1OC. The van der Waals surface area contributed by atoms with Gasteiger partial charge in [-0.1, -0.05) is 12.1 Å². The molecule has 1 amide bonds. The van der Waals surface area contributed by atoms with Gasteiger partial charge in [0.1, 0.15) is 5.82 Å². The van der Waals surface area contributed by atoms with Gasteiger partial charge in [0.05, 0.1) is 20.1 Å². The molecule has 2 fully saturated rings. The number of carbonyl (C=O) groups excluding carboxylic acids is 1. The summed E-state index contributed by atoms with van der Waals surface area (Å²) in [7, 11) is 5.48. The van der Waals surface area contributed by atoms with Crippen molar-refractivity contribution in [1.82, 2.24) is 9.80 Å². The fraction of sp³-hybridized carbons (Fsp3) is 0.500. The lowest BCUT2D eigenvalue weighted by molar-refractivity contribution is -0.119. The highest BCUT2D eigenvalue weighted by Gasteiger charge is 2.39. The van der Waals surface area contributed by atoms with E-state index in [0.29, 0.717) is 17.6 Å². The number of rotatable bonds is 7. The van der Waals surface area contributed by atoms with Crippen molar-refractivity contribution in [2.24, 2.45) is 11.8 Å². The maximum absolute atomic E-state index is 13.1. The molecule has 7 heteroatoms. The highest BCUT2D eigenvalue weighted by atomic mass is 19.1. The summed E-state index contributed by atoms with van der Waals surface area (Å²) in [5, 5.41) is 2.95. The number of nitrogens with zero attached hydrogens (tertiary/aromatic N) is 2. The molecular formula is C26H34FN3O3. The van der Waals surface area contributed by atoms with E-state index >= 15 is 0 Å². The van der Waals surface area contributed by atoms with Crippen LogP contribution in [-0.2, 0) is 11.3 Å². The maximum Gasteiger partial charge on any atom is 0.228 e. The van der Waals surface area contributed by atoms with Crippen LogP contribution in [0, 0.1) is 17.7 Å². The second-order valence-electron chi connectivity index (χ2n) is 9.20. The normalized spacial score (nSPS) is 22.3. The van der Waals surface area contributed by atoms with Crippen molar-refractivity contribution in [2.75, 3.05) is 46.2 Å². The van der Waals surface area contributed by atoms with Crippen LogP contribution < -0.4 is 14.8 Å². The maximum atomic E-state index is 13.1. The molecule has 178 valence electrons. The van der Waals surface area contributed by atoms with Crippen molar-refractivity contribution in [3.05, 3.63) is 53.8 Å². The van der Waals surface area contributed by atoms with Gasteiger partial charge in [0.25, 0.3) is 0 Å². The minimum absolute atomic E-state index is 0.0264. The van der Waals surface area contributed by atoms with Gasteiger partial charge in [0.15, 0.2) is 11.5 Å². The lowest BCUT2D eigenvalue weighted by Gasteiger charge is -2.37. The first kappa shape index (κ1) is 23.5. The lowest BCUT2D eigenvalue weighted by atomic mass is 9.86. The van der Waals surface area contributed by atoms with Crippen molar-refractivity contribution in [3.63, 3.8) is 0 Å². The molecule has 1 N–H and O–H groups in total. The Morgan fingerprint density at radius 1 is 1.09 bits per heavy atom. The highest BCUT2D eigenvalue weighted by molar-refractivity contribution is 5.92. The summed E-state index contributed by atoms with van der Waals surface area (Å²) < 4.78 is 24.1. The van der Waals surface area contributed by atoms with E-state index in [-0.39, 0.29) is 17.6 Å². The summed E-state index contributed by atoms with van der Waals surface area (Å²) in [6.07, 6.45) is 3.11. The Bertz CT molecular complexity index is 944. The van der Waals surface area contributed by atoms with E-state index in [4.69, 9.17) is 9.47 Å². The number of methoxy groups -OCH3 is 2. The number of hydrogen-bond acceptors (Lipinski definition) is 5. The van der Waals surface area contributed by atoms with E-state index < -0.39 is 0 Å². The number of hydrogen-bond donors (Lipinski definition) is 1. The largest absolute Gasteiger partial charge is 0.493 e. The number of piperidine rings is 1. The van der Waals surface area contributed by atoms with E-state index in [0.717, 1.165) is 62.5 Å². The van der Waals surface area contributed by atoms with Gasteiger partial charge in [-0.15, -0.1) is 0 Å². The molecule has 2 aromatic rings. The van der Waals surface area contributed by atoms with Crippen LogP contribution in [0.3, 0.4) is 0 Å². The molecule has 2 aromatic carbocycles. The van der Waals surface area contributed by atoms with E-state index in [1.54, 1.807) is 26.4 Å². The average Bonchev–Trinajstić information content (AvgIpc) is 3.22. The molecule has 6 nitrogen and oxygen atoms in total. The van der Waals surface area contributed by atoms with Crippen LogP contribution in [0.15, 0.2) is 42.5 Å². The number of likely N-dealkylation sites (tertiary alicyclic amines) is 2. The quantitative estimate of drug-likeness (QED) is 0.684. The van der Waals surface area contributed by atoms with Crippen LogP contribution in [-0.4, -0.2) is 62.7 Å². The molecule has 0 unspecified atom stereocenters. The summed E-state index contributed by atoms with van der Waals surface area (Å²) >= 11 is 0. The third-order valence-electron chi connectivity index (χ3n) is 7.14. The van der Waals surface area contributed by atoms with Gasteiger partial charge in [-0.2, -0.15) is 0 Å². The Kier molecular flexibility index (Phi) is 7.50. The number of benzene rings is 2. The van der Waals surface area contributed by atoms with Gasteiger partial charge >= 0.3 is 0 Å². The topological polar surface area (TPSA) is 54.0 Å². The minimum atomic E-state index is -0.301. The number of ether oxygens (including phenoxy) is 2. The first-order valence-electron chi connectivity index (χ1n) is 11.7. The van der Waals surface area contributed by atoms with Gasteiger partial charge in [0, 0.05) is 30.4 Å². The number of amides is 1. The van der Waals surface area contributed by atoms with Crippen LogP contribution in [0.5, 0.6) is 11.5 Å². The third kappa shape index (κ3) is 5.47. The molecule has 4 rings (SSSR count). The van der Waals surface area contributed by atoms with Crippen molar-refractivity contribution in [2.45, 2.75) is 31.8 Å². The van der Waals surface area contributed by atoms with Crippen molar-refractivity contribution >= 4 is 11.6 Å². The number of carbonyl (C=O) groups is 1. The molecule has 2 atom stereocenters. The predicted octanol–water partition coefficient (Wildman–Crippen LogP) is 4.01. The van der Waals surface area contributed by atoms with Crippen molar-refractivity contribution in [1.29, 1.82) is 0 Å². The Hall–Kier alpha value is -2.64. The van der Waals surface area contributed by atoms with Crippen LogP contribution >= 0.6 is 0 Å². The molecule has 0 saturated carbocycles. The van der Waals surface area contributed by atoms with Crippen molar-refractivity contribution in [3.8, 4) is 11.5 Å². The Labute approximate surface area is 195 Å². The number of anilines is 1. The van der Waals surface area contributed by atoms with Crippen molar-refractivity contribution < 1.29 is 18.7 Å². The van der Waals surface area contributed by atoms with Gasteiger partial charge in [-0.25, -0.2) is 4.39 Å². The molecule has 2 aliphatic heterocycles. The number of para-hydroxylation sites is 1. The van der Waals surface area contributed by atoms with E-state index in [1.165, 1.54) is 12.1 Å². The molecule has 33 heavy (non-hydrogen) atoms. The zero-order chi connectivity index (χ0) is 23.4. The summed E-state index contributed by atoms with van der Waals surface area (Å²) in [4.78, 5) is 17.6. The van der Waals surface area contributed by atoms with Crippen LogP contribution in [0.1, 0.15) is 24.8 Å². The molecule has 0 aliphatic carbocycles. The number of halogens is 1. The molecule has 0 radical (unpaired) electrons. The average molecular weight is 456 g/mol. The molecule has 2 saturated heterocycles. The zero-order valence-electron chi connectivity index (χ0n) is 19.7. The van der Waals surface area contributed by atoms with Gasteiger partial charge in [-0.05, 0) is 75.6 Å². The molecule has 0 aromatic heterocycles. The third-order valence-corrected chi connectivity index (χ3v) is 7.14. The highest BCUT2D eigenvalue weighted by Crippen LogP contribution is 2.35. The molecule has 2 aliphatic rings. The predicted molar refractivity (Wildman–Crippen MR) is 127 cm³/mol. The van der Waals surface area contributed by atoms with E-state index in [2.05, 4.69) is 28.2 Å². The molecule has 0 spiro atoms. The van der Waals surface area contributed by atoms with Gasteiger partial charge in [0.2, 0.25) is 5.91 Å². The summed E-state index contributed by atoms with van der Waals surface area (Å²) in [5.41, 5.74) is 1.79. The summed E-state index contributed by atoms with van der Waals surface area (Å²) in [5.74, 6) is 1.85. The summed E-state index contributed by atoms with van der Waals surface area (Å²) in [6.45, 7) is 3.67. The van der Waals surface area contributed by atoms with E-state index in [9.17, 15) is 9.18 Å². The molecule has 0 bridgehead atoms. The summed E-state index contributed by atoms with van der Waals surface area (Å²) in [6, 6.07) is 12.4.